The van der Waals surface area contributed by atoms with Crippen molar-refractivity contribution in [3.05, 3.63) is 23.0 Å². The lowest BCUT2D eigenvalue weighted by molar-refractivity contribution is -0.276. The number of nitrogens with two attached hydrogens (primary N) is 1. The summed E-state index contributed by atoms with van der Waals surface area (Å²) in [4.78, 5) is 14.3. The van der Waals surface area contributed by atoms with Crippen LogP contribution in [-0.2, 0) is 17.5 Å². The van der Waals surface area contributed by atoms with Crippen LogP contribution >= 0.6 is 0 Å². The van der Waals surface area contributed by atoms with Gasteiger partial charge in [0.1, 0.15) is 5.56 Å². The van der Waals surface area contributed by atoms with E-state index in [9.17, 15) is 31.1 Å². The minimum Gasteiger partial charge on any atom is -0.465 e. The number of esters is 1. The Morgan fingerprint density at radius 3 is 2.24 bits per heavy atom. The summed E-state index contributed by atoms with van der Waals surface area (Å²) < 4.78 is 82.5. The highest BCUT2D eigenvalue weighted by Crippen LogP contribution is 2.40. The molecule has 21 heavy (non-hydrogen) atoms. The number of hydrogen-bond acceptors (Lipinski definition) is 5. The van der Waals surface area contributed by atoms with Crippen molar-refractivity contribution < 1.29 is 40.6 Å². The molecule has 11 heteroatoms. The van der Waals surface area contributed by atoms with Crippen LogP contribution in [0.2, 0.25) is 0 Å². The molecule has 0 atom stereocenters. The molecule has 0 saturated heterocycles. The minimum atomic E-state index is -5.46. The molecule has 0 aliphatic rings. The third kappa shape index (κ3) is 3.97. The molecular weight excluding hydrogens is 310 g/mol. The summed E-state index contributed by atoms with van der Waals surface area (Å²) in [6, 6.07) is 0. The summed E-state index contributed by atoms with van der Waals surface area (Å²) in [5, 5.41) is 0. The van der Waals surface area contributed by atoms with Gasteiger partial charge in [0.2, 0.25) is 0 Å². The Morgan fingerprint density at radius 1 is 1.29 bits per heavy atom. The fourth-order valence-corrected chi connectivity index (χ4v) is 1.43. The van der Waals surface area contributed by atoms with Crippen LogP contribution in [0, 0.1) is 0 Å². The second kappa shape index (κ2) is 5.76. The number of carbonyl (C=O) groups excluding carboxylic acids is 1. The number of pyridine rings is 1. The molecule has 1 heterocycles. The number of ether oxygens (including phenoxy) is 2. The van der Waals surface area contributed by atoms with E-state index in [0.29, 0.717) is 6.20 Å². The maximum absolute atomic E-state index is 12.7. The van der Waals surface area contributed by atoms with Gasteiger partial charge in [-0.15, -0.1) is 13.2 Å². The lowest BCUT2D eigenvalue weighted by Crippen LogP contribution is -2.25. The van der Waals surface area contributed by atoms with Crippen molar-refractivity contribution in [2.75, 3.05) is 7.11 Å². The quantitative estimate of drug-likeness (QED) is 0.683. The number of aromatic nitrogens is 1. The zero-order valence-corrected chi connectivity index (χ0v) is 10.3. The average Bonchev–Trinajstić information content (AvgIpc) is 2.33. The zero-order valence-electron chi connectivity index (χ0n) is 10.3. The van der Waals surface area contributed by atoms with E-state index in [1.807, 2.05) is 0 Å². The first-order valence-corrected chi connectivity index (χ1v) is 5.14. The number of methoxy groups -OCH3 is 1. The molecule has 0 spiro atoms. The maximum Gasteiger partial charge on any atom is 0.573 e. The number of carbonyl (C=O) groups is 1. The van der Waals surface area contributed by atoms with Crippen molar-refractivity contribution in [2.24, 2.45) is 5.73 Å². The van der Waals surface area contributed by atoms with Gasteiger partial charge >= 0.3 is 18.5 Å². The van der Waals surface area contributed by atoms with Gasteiger partial charge in [-0.05, 0) is 0 Å². The van der Waals surface area contributed by atoms with Gasteiger partial charge in [-0.2, -0.15) is 13.2 Å². The maximum atomic E-state index is 12.7. The minimum absolute atomic E-state index is 0.380. The van der Waals surface area contributed by atoms with Gasteiger partial charge in [-0.25, -0.2) is 9.78 Å². The second-order valence-corrected chi connectivity index (χ2v) is 3.58. The average molecular weight is 318 g/mol. The third-order valence-corrected chi connectivity index (χ3v) is 2.21. The molecule has 0 amide bonds. The van der Waals surface area contributed by atoms with Gasteiger partial charge < -0.3 is 15.2 Å². The van der Waals surface area contributed by atoms with E-state index in [1.165, 1.54) is 0 Å². The van der Waals surface area contributed by atoms with Crippen LogP contribution < -0.4 is 10.5 Å². The number of hydrogen-bond donors (Lipinski definition) is 1. The van der Waals surface area contributed by atoms with Gasteiger partial charge in [-0.3, -0.25) is 0 Å². The molecule has 5 nitrogen and oxygen atoms in total. The highest BCUT2D eigenvalue weighted by atomic mass is 19.4. The normalized spacial score (nSPS) is 12.2. The Bertz CT molecular complexity index is 541. The topological polar surface area (TPSA) is 74.4 Å². The standard InChI is InChI=1S/C10H8F6N2O3/c1-20-8(19)5-4(2-17)3-18-7(9(11,12)13)6(5)21-10(14,15)16/h3H,2,17H2,1H3. The monoisotopic (exact) mass is 318 g/mol. The number of halogens is 6. The van der Waals surface area contributed by atoms with Crippen LogP contribution in [0.25, 0.3) is 0 Å². The van der Waals surface area contributed by atoms with Gasteiger partial charge in [0, 0.05) is 18.3 Å². The van der Waals surface area contributed by atoms with Crippen molar-refractivity contribution in [3.63, 3.8) is 0 Å². The molecule has 0 radical (unpaired) electrons. The Hall–Kier alpha value is -2.04. The summed E-state index contributed by atoms with van der Waals surface area (Å²) in [5.74, 6) is -3.24. The molecule has 0 saturated carbocycles. The SMILES string of the molecule is COC(=O)c1c(CN)cnc(C(F)(F)F)c1OC(F)(F)F. The van der Waals surface area contributed by atoms with E-state index in [0.717, 1.165) is 7.11 Å². The summed E-state index contributed by atoms with van der Waals surface area (Å²) in [6.45, 7) is -0.538. The van der Waals surface area contributed by atoms with Crippen LogP contribution in [0.4, 0.5) is 26.3 Å². The molecule has 118 valence electrons. The van der Waals surface area contributed by atoms with Gasteiger partial charge in [0.15, 0.2) is 11.4 Å². The lowest BCUT2D eigenvalue weighted by Gasteiger charge is -2.18. The molecule has 0 aliphatic carbocycles. The van der Waals surface area contributed by atoms with Crippen LogP contribution in [-0.4, -0.2) is 24.4 Å². The Labute approximate surface area is 113 Å². The van der Waals surface area contributed by atoms with Crippen molar-refractivity contribution in [1.29, 1.82) is 0 Å². The van der Waals surface area contributed by atoms with E-state index < -0.39 is 42.1 Å². The summed E-state index contributed by atoms with van der Waals surface area (Å²) in [5.41, 5.74) is 1.72. The van der Waals surface area contributed by atoms with Gasteiger partial charge in [0.25, 0.3) is 0 Å². The molecule has 2 N–H and O–H groups in total. The second-order valence-electron chi connectivity index (χ2n) is 3.58. The third-order valence-electron chi connectivity index (χ3n) is 2.21. The van der Waals surface area contributed by atoms with Crippen LogP contribution in [0.1, 0.15) is 21.6 Å². The predicted octanol–water partition coefficient (Wildman–Crippen LogP) is 2.24. The molecular formula is C10H8F6N2O3. The molecule has 1 rings (SSSR count). The summed E-state index contributed by atoms with van der Waals surface area (Å²) >= 11 is 0. The van der Waals surface area contributed by atoms with Gasteiger partial charge in [-0.1, -0.05) is 0 Å². The zero-order chi connectivity index (χ0) is 16.4. The van der Waals surface area contributed by atoms with E-state index in [-0.39, 0.29) is 5.56 Å². The molecule has 0 fully saturated rings. The van der Waals surface area contributed by atoms with E-state index >= 15 is 0 Å². The van der Waals surface area contributed by atoms with E-state index in [2.05, 4.69) is 14.5 Å². The smallest absolute Gasteiger partial charge is 0.465 e. The van der Waals surface area contributed by atoms with E-state index in [4.69, 9.17) is 5.73 Å². The molecule has 0 bridgehead atoms. The Morgan fingerprint density at radius 2 is 1.86 bits per heavy atom. The number of rotatable bonds is 3. The highest BCUT2D eigenvalue weighted by molar-refractivity contribution is 5.94. The predicted molar refractivity (Wildman–Crippen MR) is 55.2 cm³/mol. The fourth-order valence-electron chi connectivity index (χ4n) is 1.43. The number of nitrogens with zero attached hydrogens (tertiary/aromatic N) is 1. The van der Waals surface area contributed by atoms with Crippen LogP contribution in [0.3, 0.4) is 0 Å². The first-order chi connectivity index (χ1) is 9.51. The largest absolute Gasteiger partial charge is 0.573 e. The Kier molecular flexibility index (Phi) is 4.66. The summed E-state index contributed by atoms with van der Waals surface area (Å²) in [7, 11) is 0.785. The van der Waals surface area contributed by atoms with Crippen LogP contribution in [0.5, 0.6) is 5.75 Å². The van der Waals surface area contributed by atoms with Crippen molar-refractivity contribution >= 4 is 5.97 Å². The van der Waals surface area contributed by atoms with Gasteiger partial charge in [0.05, 0.1) is 7.11 Å². The Balaban J connectivity index is 3.66. The molecule has 0 aromatic carbocycles. The van der Waals surface area contributed by atoms with Crippen molar-refractivity contribution in [3.8, 4) is 5.75 Å². The van der Waals surface area contributed by atoms with Crippen molar-refractivity contribution in [2.45, 2.75) is 19.1 Å². The molecule has 1 aromatic heterocycles. The summed E-state index contributed by atoms with van der Waals surface area (Å²) in [6.07, 6.45) is -10.2. The highest BCUT2D eigenvalue weighted by Gasteiger charge is 2.44. The first-order valence-electron chi connectivity index (χ1n) is 5.14. The molecule has 1 aromatic rings. The fraction of sp³-hybridized carbons (Fsp3) is 0.400. The molecule has 0 aliphatic heterocycles. The molecule has 0 unspecified atom stereocenters. The number of alkyl halides is 6. The first kappa shape index (κ1) is 17.0. The lowest BCUT2D eigenvalue weighted by atomic mass is 10.1. The van der Waals surface area contributed by atoms with E-state index in [1.54, 1.807) is 0 Å². The van der Waals surface area contributed by atoms with Crippen LogP contribution in [0.15, 0.2) is 6.20 Å². The van der Waals surface area contributed by atoms with Crippen molar-refractivity contribution in [1.82, 2.24) is 4.98 Å².